The Balaban J connectivity index is 1.65. The number of carbonyl (C=O) groups excluding carboxylic acids is 1. The van der Waals surface area contributed by atoms with Crippen LogP contribution in [0.15, 0.2) is 48.5 Å². The van der Waals surface area contributed by atoms with Gasteiger partial charge in [-0.05, 0) is 42.3 Å². The Bertz CT molecular complexity index is 956. The fraction of sp³-hybridized carbons (Fsp3) is 0.381. The molecule has 1 fully saturated rings. The predicted molar refractivity (Wildman–Crippen MR) is 113 cm³/mol. The summed E-state index contributed by atoms with van der Waals surface area (Å²) in [4.78, 5) is 15.0. The van der Waals surface area contributed by atoms with E-state index in [-0.39, 0.29) is 11.9 Å². The number of rotatable bonds is 7. The van der Waals surface area contributed by atoms with Crippen molar-refractivity contribution in [2.24, 2.45) is 0 Å². The molecule has 0 saturated carbocycles. The van der Waals surface area contributed by atoms with E-state index in [1.807, 2.05) is 31.2 Å². The van der Waals surface area contributed by atoms with Crippen LogP contribution in [0.4, 0.5) is 5.69 Å². The normalized spacial score (nSPS) is 16.2. The van der Waals surface area contributed by atoms with Crippen LogP contribution in [0.2, 0.25) is 0 Å². The maximum Gasteiger partial charge on any atom is 0.251 e. The van der Waals surface area contributed by atoms with Crippen LogP contribution in [0.1, 0.15) is 34.5 Å². The lowest BCUT2D eigenvalue weighted by Crippen LogP contribution is -2.35. The average Bonchev–Trinajstić information content (AvgIpc) is 2.68. The highest BCUT2D eigenvalue weighted by Gasteiger charge is 2.15. The monoisotopic (exact) mass is 417 g/mol. The molecule has 29 heavy (non-hydrogen) atoms. The minimum Gasteiger partial charge on any atom is -0.379 e. The summed E-state index contributed by atoms with van der Waals surface area (Å²) in [6.07, 6.45) is 1.11. The molecule has 1 saturated heterocycles. The summed E-state index contributed by atoms with van der Waals surface area (Å²) in [6, 6.07) is 14.4. The molecule has 1 heterocycles. The van der Waals surface area contributed by atoms with Gasteiger partial charge in [-0.1, -0.05) is 24.3 Å². The standard InChI is InChI=1S/C21H27N3O4S/c1-16(18-6-4-8-20(14-18)23-29(2,26)27)22-21(25)19-7-3-5-17(13-19)15-24-9-11-28-12-10-24/h3-8,13-14,16,23H,9-12,15H2,1-2H3,(H,22,25). The summed E-state index contributed by atoms with van der Waals surface area (Å²) in [5.41, 5.74) is 2.98. The molecule has 2 aromatic carbocycles. The van der Waals surface area contributed by atoms with Crippen molar-refractivity contribution in [3.05, 3.63) is 65.2 Å². The topological polar surface area (TPSA) is 87.7 Å². The highest BCUT2D eigenvalue weighted by atomic mass is 32.2. The Hall–Kier alpha value is -2.42. The second-order valence-corrected chi connectivity index (χ2v) is 9.03. The third kappa shape index (κ3) is 6.56. The Labute approximate surface area is 172 Å². The van der Waals surface area contributed by atoms with Crippen molar-refractivity contribution in [2.75, 3.05) is 37.3 Å². The van der Waals surface area contributed by atoms with Gasteiger partial charge in [-0.15, -0.1) is 0 Å². The van der Waals surface area contributed by atoms with Gasteiger partial charge >= 0.3 is 0 Å². The third-order valence-corrected chi connectivity index (χ3v) is 5.34. The molecule has 0 bridgehead atoms. The molecule has 3 rings (SSSR count). The van der Waals surface area contributed by atoms with Crippen molar-refractivity contribution in [1.29, 1.82) is 0 Å². The first-order chi connectivity index (χ1) is 13.8. The van der Waals surface area contributed by atoms with Crippen LogP contribution in [0.3, 0.4) is 0 Å². The number of nitrogens with zero attached hydrogens (tertiary/aromatic N) is 1. The van der Waals surface area contributed by atoms with E-state index >= 15 is 0 Å². The van der Waals surface area contributed by atoms with Gasteiger partial charge in [0.05, 0.1) is 25.5 Å². The summed E-state index contributed by atoms with van der Waals surface area (Å²) in [6.45, 7) is 5.93. The van der Waals surface area contributed by atoms with Crippen LogP contribution in [0, 0.1) is 0 Å². The van der Waals surface area contributed by atoms with Crippen molar-refractivity contribution < 1.29 is 17.9 Å². The van der Waals surface area contributed by atoms with Gasteiger partial charge in [0.15, 0.2) is 0 Å². The average molecular weight is 418 g/mol. The Kier molecular flexibility index (Phi) is 6.89. The van der Waals surface area contributed by atoms with Crippen LogP contribution < -0.4 is 10.0 Å². The van der Waals surface area contributed by atoms with Crippen LogP contribution in [-0.2, 0) is 21.3 Å². The Morgan fingerprint density at radius 1 is 1.14 bits per heavy atom. The lowest BCUT2D eigenvalue weighted by molar-refractivity contribution is 0.0342. The number of benzene rings is 2. The quantitative estimate of drug-likeness (QED) is 0.722. The van der Waals surface area contributed by atoms with E-state index in [1.54, 1.807) is 24.3 Å². The number of ether oxygens (including phenoxy) is 1. The molecular formula is C21H27N3O4S. The van der Waals surface area contributed by atoms with E-state index in [4.69, 9.17) is 4.74 Å². The van der Waals surface area contributed by atoms with Gasteiger partial charge in [-0.2, -0.15) is 0 Å². The predicted octanol–water partition coefficient (Wildman–Crippen LogP) is 2.38. The Morgan fingerprint density at radius 3 is 2.59 bits per heavy atom. The van der Waals surface area contributed by atoms with Crippen molar-refractivity contribution >= 4 is 21.6 Å². The van der Waals surface area contributed by atoms with Gasteiger partial charge in [0.1, 0.15) is 0 Å². The van der Waals surface area contributed by atoms with Gasteiger partial charge in [-0.3, -0.25) is 14.4 Å². The van der Waals surface area contributed by atoms with Crippen LogP contribution in [0.5, 0.6) is 0 Å². The number of sulfonamides is 1. The minimum atomic E-state index is -3.35. The molecule has 0 spiro atoms. The molecule has 0 aliphatic carbocycles. The number of morpholine rings is 1. The van der Waals surface area contributed by atoms with Crippen molar-refractivity contribution in [3.8, 4) is 0 Å². The first-order valence-electron chi connectivity index (χ1n) is 9.58. The van der Waals surface area contributed by atoms with Gasteiger partial charge in [0, 0.05) is 30.9 Å². The van der Waals surface area contributed by atoms with Gasteiger partial charge in [0.25, 0.3) is 5.91 Å². The van der Waals surface area contributed by atoms with Gasteiger partial charge in [0.2, 0.25) is 10.0 Å². The number of carbonyl (C=O) groups is 1. The van der Waals surface area contributed by atoms with Crippen molar-refractivity contribution in [3.63, 3.8) is 0 Å². The summed E-state index contributed by atoms with van der Waals surface area (Å²) >= 11 is 0. The number of anilines is 1. The summed E-state index contributed by atoms with van der Waals surface area (Å²) in [5.74, 6) is -0.164. The fourth-order valence-electron chi connectivity index (χ4n) is 3.28. The SMILES string of the molecule is CC(NC(=O)c1cccc(CN2CCOCC2)c1)c1cccc(NS(C)(=O)=O)c1. The molecule has 1 aliphatic heterocycles. The molecule has 1 atom stereocenters. The molecule has 1 amide bonds. The second-order valence-electron chi connectivity index (χ2n) is 7.28. The molecule has 2 N–H and O–H groups in total. The zero-order valence-corrected chi connectivity index (χ0v) is 17.5. The zero-order chi connectivity index (χ0) is 20.9. The smallest absolute Gasteiger partial charge is 0.251 e. The van der Waals surface area contributed by atoms with Crippen molar-refractivity contribution in [1.82, 2.24) is 10.2 Å². The molecule has 156 valence electrons. The molecule has 1 unspecified atom stereocenters. The first-order valence-corrected chi connectivity index (χ1v) is 11.5. The number of amides is 1. The van der Waals surface area contributed by atoms with Gasteiger partial charge in [-0.25, -0.2) is 8.42 Å². The fourth-order valence-corrected chi connectivity index (χ4v) is 3.83. The third-order valence-electron chi connectivity index (χ3n) is 4.74. The summed E-state index contributed by atoms with van der Waals surface area (Å²) in [7, 11) is -3.35. The zero-order valence-electron chi connectivity index (χ0n) is 16.7. The minimum absolute atomic E-state index is 0.164. The lowest BCUT2D eigenvalue weighted by Gasteiger charge is -2.26. The highest BCUT2D eigenvalue weighted by Crippen LogP contribution is 2.19. The van der Waals surface area contributed by atoms with E-state index < -0.39 is 10.0 Å². The maximum absolute atomic E-state index is 12.7. The van der Waals surface area contributed by atoms with E-state index in [9.17, 15) is 13.2 Å². The maximum atomic E-state index is 12.7. The molecular weight excluding hydrogens is 390 g/mol. The number of hydrogen-bond acceptors (Lipinski definition) is 5. The molecule has 8 heteroatoms. The van der Waals surface area contributed by atoms with Gasteiger partial charge < -0.3 is 10.1 Å². The summed E-state index contributed by atoms with van der Waals surface area (Å²) in [5, 5.41) is 2.98. The largest absolute Gasteiger partial charge is 0.379 e. The molecule has 0 aromatic heterocycles. The highest BCUT2D eigenvalue weighted by molar-refractivity contribution is 7.92. The number of nitrogens with one attached hydrogen (secondary N) is 2. The molecule has 0 radical (unpaired) electrons. The second kappa shape index (κ2) is 9.39. The van der Waals surface area contributed by atoms with E-state index in [1.165, 1.54) is 0 Å². The van der Waals surface area contributed by atoms with Crippen molar-refractivity contribution in [2.45, 2.75) is 19.5 Å². The van der Waals surface area contributed by atoms with Crippen LogP contribution >= 0.6 is 0 Å². The van der Waals surface area contributed by atoms with E-state index in [0.29, 0.717) is 11.3 Å². The van der Waals surface area contributed by atoms with Crippen LogP contribution in [-0.4, -0.2) is 51.8 Å². The molecule has 1 aliphatic rings. The summed E-state index contributed by atoms with van der Waals surface area (Å²) < 4.78 is 30.7. The Morgan fingerprint density at radius 2 is 1.86 bits per heavy atom. The molecule has 2 aromatic rings. The van der Waals surface area contributed by atoms with E-state index in [2.05, 4.69) is 14.9 Å². The van der Waals surface area contributed by atoms with Crippen LogP contribution in [0.25, 0.3) is 0 Å². The van der Waals surface area contributed by atoms with E-state index in [0.717, 1.165) is 50.2 Å². The molecule has 7 nitrogen and oxygen atoms in total. The lowest BCUT2D eigenvalue weighted by atomic mass is 10.1. The first kappa shape index (κ1) is 21.3. The number of hydrogen-bond donors (Lipinski definition) is 2.